The van der Waals surface area contributed by atoms with Crippen LogP contribution in [0.4, 0.5) is 4.79 Å². The summed E-state index contributed by atoms with van der Waals surface area (Å²) in [6, 6.07) is 12.2. The minimum absolute atomic E-state index is 0.0611. The number of nitrogens with one attached hydrogen (secondary N) is 2. The summed E-state index contributed by atoms with van der Waals surface area (Å²) < 4.78 is 0. The predicted octanol–water partition coefficient (Wildman–Crippen LogP) is 3.61. The Morgan fingerprint density at radius 2 is 2.04 bits per heavy atom. The fourth-order valence-electron chi connectivity index (χ4n) is 3.35. The Labute approximate surface area is 137 Å². The van der Waals surface area contributed by atoms with Gasteiger partial charge in [0.25, 0.3) is 0 Å². The lowest BCUT2D eigenvalue weighted by Crippen LogP contribution is -2.37. The summed E-state index contributed by atoms with van der Waals surface area (Å²) in [6.45, 7) is 6.89. The third kappa shape index (κ3) is 3.21. The maximum Gasteiger partial charge on any atom is 0.315 e. The van der Waals surface area contributed by atoms with E-state index >= 15 is 0 Å². The first-order valence-corrected chi connectivity index (χ1v) is 8.01. The molecule has 0 fully saturated rings. The van der Waals surface area contributed by atoms with E-state index in [1.165, 1.54) is 11.1 Å². The van der Waals surface area contributed by atoms with Crippen LogP contribution in [0.3, 0.4) is 0 Å². The molecule has 2 N–H and O–H groups in total. The molecule has 0 radical (unpaired) electrons. The topological polar surface area (TPSA) is 54.0 Å². The Hall–Kier alpha value is -2.36. The average Bonchev–Trinajstić information content (AvgIpc) is 2.78. The minimum atomic E-state index is -0.146. The van der Waals surface area contributed by atoms with Gasteiger partial charge in [0.2, 0.25) is 0 Å². The first-order valence-electron chi connectivity index (χ1n) is 8.01. The summed E-state index contributed by atoms with van der Waals surface area (Å²) in [5.41, 5.74) is 4.62. The molecule has 4 heteroatoms. The van der Waals surface area contributed by atoms with E-state index in [2.05, 4.69) is 47.7 Å². The molecule has 1 aliphatic carbocycles. The highest BCUT2D eigenvalue weighted by atomic mass is 16.2. The Kier molecular flexibility index (Phi) is 4.07. The lowest BCUT2D eigenvalue weighted by molar-refractivity contribution is 0.235. The van der Waals surface area contributed by atoms with Crippen molar-refractivity contribution in [1.29, 1.82) is 0 Å². The first kappa shape index (κ1) is 15.5. The standard InChI is InChI=1S/C19H23N3O/c1-13-7-6-10-20-17(13)12-21-18(23)22-16-11-19(2,3)15-9-5-4-8-14(15)16/h4-10,16H,11-12H2,1-3H3,(H2,21,22,23). The predicted molar refractivity (Wildman–Crippen MR) is 91.2 cm³/mol. The number of fused-ring (bicyclic) bond motifs is 1. The van der Waals surface area contributed by atoms with Gasteiger partial charge in [-0.25, -0.2) is 4.79 Å². The fraction of sp³-hybridized carbons (Fsp3) is 0.368. The Balaban J connectivity index is 1.64. The van der Waals surface area contributed by atoms with Gasteiger partial charge in [-0.1, -0.05) is 44.2 Å². The van der Waals surface area contributed by atoms with Gasteiger partial charge in [-0.3, -0.25) is 4.98 Å². The number of aromatic nitrogens is 1. The van der Waals surface area contributed by atoms with E-state index in [0.29, 0.717) is 6.54 Å². The van der Waals surface area contributed by atoms with Crippen molar-refractivity contribution in [3.8, 4) is 0 Å². The molecule has 0 aliphatic heterocycles. The van der Waals surface area contributed by atoms with E-state index < -0.39 is 0 Å². The van der Waals surface area contributed by atoms with Crippen LogP contribution >= 0.6 is 0 Å². The van der Waals surface area contributed by atoms with Crippen LogP contribution in [0.2, 0.25) is 0 Å². The highest BCUT2D eigenvalue weighted by Gasteiger charge is 2.37. The van der Waals surface area contributed by atoms with E-state index in [-0.39, 0.29) is 17.5 Å². The van der Waals surface area contributed by atoms with Gasteiger partial charge in [0, 0.05) is 6.20 Å². The van der Waals surface area contributed by atoms with Crippen molar-refractivity contribution in [1.82, 2.24) is 15.6 Å². The van der Waals surface area contributed by atoms with Gasteiger partial charge >= 0.3 is 6.03 Å². The molecule has 4 nitrogen and oxygen atoms in total. The summed E-state index contributed by atoms with van der Waals surface area (Å²) in [7, 11) is 0. The van der Waals surface area contributed by atoms with Crippen molar-refractivity contribution >= 4 is 6.03 Å². The molecule has 1 unspecified atom stereocenters. The molecular weight excluding hydrogens is 286 g/mol. The van der Waals surface area contributed by atoms with Crippen molar-refractivity contribution in [3.05, 3.63) is 65.0 Å². The zero-order valence-corrected chi connectivity index (χ0v) is 13.9. The van der Waals surface area contributed by atoms with Crippen LogP contribution in [0.5, 0.6) is 0 Å². The number of aryl methyl sites for hydroxylation is 1. The van der Waals surface area contributed by atoms with Gasteiger partial charge in [0.1, 0.15) is 0 Å². The smallest absolute Gasteiger partial charge is 0.315 e. The highest BCUT2D eigenvalue weighted by molar-refractivity contribution is 5.74. The van der Waals surface area contributed by atoms with Crippen LogP contribution in [-0.2, 0) is 12.0 Å². The van der Waals surface area contributed by atoms with E-state index in [4.69, 9.17) is 0 Å². The molecule has 1 atom stereocenters. The quantitative estimate of drug-likeness (QED) is 0.910. The second kappa shape index (κ2) is 6.03. The molecule has 1 aromatic carbocycles. The number of carbonyl (C=O) groups is 1. The third-order valence-electron chi connectivity index (χ3n) is 4.62. The summed E-state index contributed by atoms with van der Waals surface area (Å²) >= 11 is 0. The van der Waals surface area contributed by atoms with Gasteiger partial charge in [0.05, 0.1) is 18.3 Å². The summed E-state index contributed by atoms with van der Waals surface area (Å²) in [4.78, 5) is 16.6. The molecule has 23 heavy (non-hydrogen) atoms. The van der Waals surface area contributed by atoms with Gasteiger partial charge < -0.3 is 10.6 Å². The summed E-state index contributed by atoms with van der Waals surface area (Å²) in [6.07, 6.45) is 2.67. The van der Waals surface area contributed by atoms with Crippen molar-refractivity contribution in [3.63, 3.8) is 0 Å². The lowest BCUT2D eigenvalue weighted by atomic mass is 9.86. The number of hydrogen-bond acceptors (Lipinski definition) is 2. The molecule has 2 aromatic rings. The Bertz CT molecular complexity index is 724. The molecular formula is C19H23N3O. The van der Waals surface area contributed by atoms with E-state index in [9.17, 15) is 4.79 Å². The number of nitrogens with zero attached hydrogens (tertiary/aromatic N) is 1. The maximum atomic E-state index is 12.3. The summed E-state index contributed by atoms with van der Waals surface area (Å²) in [5, 5.41) is 6.01. The molecule has 0 bridgehead atoms. The molecule has 2 amide bonds. The van der Waals surface area contributed by atoms with Crippen LogP contribution in [0.15, 0.2) is 42.6 Å². The Morgan fingerprint density at radius 1 is 1.26 bits per heavy atom. The van der Waals surface area contributed by atoms with Crippen LogP contribution in [-0.4, -0.2) is 11.0 Å². The molecule has 3 rings (SSSR count). The minimum Gasteiger partial charge on any atom is -0.332 e. The van der Waals surface area contributed by atoms with Gasteiger partial charge in [-0.05, 0) is 41.5 Å². The number of benzene rings is 1. The largest absolute Gasteiger partial charge is 0.332 e. The molecule has 120 valence electrons. The van der Waals surface area contributed by atoms with Crippen molar-refractivity contribution < 1.29 is 4.79 Å². The maximum absolute atomic E-state index is 12.3. The van der Waals surface area contributed by atoms with Crippen LogP contribution in [0.1, 0.15) is 48.7 Å². The number of amides is 2. The third-order valence-corrected chi connectivity index (χ3v) is 4.62. The van der Waals surface area contributed by atoms with Gasteiger partial charge in [0.15, 0.2) is 0 Å². The average molecular weight is 309 g/mol. The SMILES string of the molecule is Cc1cccnc1CNC(=O)NC1CC(C)(C)c2ccccc21. The number of pyridine rings is 1. The van der Waals surface area contributed by atoms with E-state index in [1.54, 1.807) is 6.20 Å². The van der Waals surface area contributed by atoms with Crippen molar-refractivity contribution in [2.45, 2.75) is 45.2 Å². The molecule has 0 saturated carbocycles. The van der Waals surface area contributed by atoms with E-state index in [0.717, 1.165) is 17.7 Å². The highest BCUT2D eigenvalue weighted by Crippen LogP contribution is 2.44. The summed E-state index contributed by atoms with van der Waals surface area (Å²) in [5.74, 6) is 0. The molecule has 1 heterocycles. The fourth-order valence-corrected chi connectivity index (χ4v) is 3.35. The first-order chi connectivity index (χ1) is 11.0. The van der Waals surface area contributed by atoms with Gasteiger partial charge in [-0.2, -0.15) is 0 Å². The van der Waals surface area contributed by atoms with Crippen LogP contribution < -0.4 is 10.6 Å². The monoisotopic (exact) mass is 309 g/mol. The van der Waals surface area contributed by atoms with Gasteiger partial charge in [-0.15, -0.1) is 0 Å². The zero-order chi connectivity index (χ0) is 16.4. The van der Waals surface area contributed by atoms with Crippen molar-refractivity contribution in [2.24, 2.45) is 0 Å². The molecule has 0 saturated heterocycles. The number of urea groups is 1. The number of rotatable bonds is 3. The van der Waals surface area contributed by atoms with Crippen LogP contribution in [0, 0.1) is 6.92 Å². The zero-order valence-electron chi connectivity index (χ0n) is 13.9. The Morgan fingerprint density at radius 3 is 2.83 bits per heavy atom. The molecule has 1 aliphatic rings. The molecule has 1 aromatic heterocycles. The lowest BCUT2D eigenvalue weighted by Gasteiger charge is -2.19. The van der Waals surface area contributed by atoms with E-state index in [1.807, 2.05) is 25.1 Å². The normalized spacial score (nSPS) is 18.3. The second-order valence-electron chi connectivity index (χ2n) is 6.82. The molecule has 0 spiro atoms. The number of carbonyl (C=O) groups excluding carboxylic acids is 1. The second-order valence-corrected chi connectivity index (χ2v) is 6.82. The van der Waals surface area contributed by atoms with Crippen molar-refractivity contribution in [2.75, 3.05) is 0 Å². The van der Waals surface area contributed by atoms with Crippen LogP contribution in [0.25, 0.3) is 0 Å². The number of hydrogen-bond donors (Lipinski definition) is 2.